The van der Waals surface area contributed by atoms with Gasteiger partial charge in [0.2, 0.25) is 10.0 Å². The third kappa shape index (κ3) is 4.05. The van der Waals surface area contributed by atoms with Gasteiger partial charge in [-0.15, -0.1) is 0 Å². The first-order valence-corrected chi connectivity index (χ1v) is 7.26. The maximum absolute atomic E-state index is 11.9. The van der Waals surface area contributed by atoms with E-state index in [1.165, 1.54) is 18.2 Å². The van der Waals surface area contributed by atoms with E-state index in [2.05, 4.69) is 15.9 Å². The van der Waals surface area contributed by atoms with E-state index in [1.807, 2.05) is 4.72 Å². The lowest BCUT2D eigenvalue weighted by atomic mass is 10.2. The zero-order valence-corrected chi connectivity index (χ0v) is 11.6. The number of carbonyl (C=O) groups is 1. The summed E-state index contributed by atoms with van der Waals surface area (Å²) in [6, 6.07) is 4.55. The number of nitrogens with one attached hydrogen (secondary N) is 1. The van der Waals surface area contributed by atoms with Crippen LogP contribution in [0.2, 0.25) is 0 Å². The largest absolute Gasteiger partial charge is 0.480 e. The molecule has 0 saturated heterocycles. The Balaban J connectivity index is 2.97. The van der Waals surface area contributed by atoms with E-state index in [4.69, 9.17) is 10.2 Å². The first-order valence-electron chi connectivity index (χ1n) is 4.98. The average molecular weight is 338 g/mol. The SMILES string of the molecule is O=C(O)C(CCO)NS(=O)(=O)c1cccc(Br)c1. The predicted molar refractivity (Wildman–Crippen MR) is 67.6 cm³/mol. The highest BCUT2D eigenvalue weighted by atomic mass is 79.9. The molecular weight excluding hydrogens is 326 g/mol. The molecule has 18 heavy (non-hydrogen) atoms. The van der Waals surface area contributed by atoms with Gasteiger partial charge in [-0.1, -0.05) is 22.0 Å². The van der Waals surface area contributed by atoms with Gasteiger partial charge < -0.3 is 10.2 Å². The van der Waals surface area contributed by atoms with E-state index in [-0.39, 0.29) is 11.3 Å². The quantitative estimate of drug-likeness (QED) is 0.703. The van der Waals surface area contributed by atoms with Gasteiger partial charge in [-0.05, 0) is 24.6 Å². The number of carboxylic acids is 1. The maximum Gasteiger partial charge on any atom is 0.321 e. The number of carboxylic acid groups (broad SMARTS) is 1. The molecule has 100 valence electrons. The highest BCUT2D eigenvalue weighted by molar-refractivity contribution is 9.10. The molecule has 0 aliphatic carbocycles. The van der Waals surface area contributed by atoms with Gasteiger partial charge in [-0.2, -0.15) is 4.72 Å². The van der Waals surface area contributed by atoms with Crippen molar-refractivity contribution in [2.45, 2.75) is 17.4 Å². The van der Waals surface area contributed by atoms with Crippen molar-refractivity contribution in [2.75, 3.05) is 6.61 Å². The molecule has 1 aromatic carbocycles. The van der Waals surface area contributed by atoms with Crippen molar-refractivity contribution in [1.29, 1.82) is 0 Å². The second kappa shape index (κ2) is 6.28. The van der Waals surface area contributed by atoms with E-state index in [0.717, 1.165) is 0 Å². The van der Waals surface area contributed by atoms with E-state index >= 15 is 0 Å². The van der Waals surface area contributed by atoms with Crippen LogP contribution in [0.3, 0.4) is 0 Å². The van der Waals surface area contributed by atoms with Crippen LogP contribution in [0.4, 0.5) is 0 Å². The van der Waals surface area contributed by atoms with Gasteiger partial charge in [-0.3, -0.25) is 4.79 Å². The van der Waals surface area contributed by atoms with Crippen molar-refractivity contribution in [3.05, 3.63) is 28.7 Å². The Morgan fingerprint density at radius 3 is 2.61 bits per heavy atom. The Morgan fingerprint density at radius 2 is 2.11 bits per heavy atom. The summed E-state index contributed by atoms with van der Waals surface area (Å²) in [4.78, 5) is 10.8. The van der Waals surface area contributed by atoms with Crippen LogP contribution in [-0.4, -0.2) is 37.2 Å². The molecule has 1 unspecified atom stereocenters. The van der Waals surface area contributed by atoms with Crippen molar-refractivity contribution in [1.82, 2.24) is 4.72 Å². The Kier molecular flexibility index (Phi) is 5.27. The summed E-state index contributed by atoms with van der Waals surface area (Å²) in [5.74, 6) is -1.33. The first-order chi connectivity index (χ1) is 8.36. The van der Waals surface area contributed by atoms with Crippen molar-refractivity contribution < 1.29 is 23.4 Å². The number of sulfonamides is 1. The topological polar surface area (TPSA) is 104 Å². The molecule has 3 N–H and O–H groups in total. The van der Waals surface area contributed by atoms with E-state index in [0.29, 0.717) is 4.47 Å². The Bertz CT molecular complexity index is 531. The number of hydrogen-bond acceptors (Lipinski definition) is 4. The number of rotatable bonds is 6. The second-order valence-electron chi connectivity index (χ2n) is 3.48. The van der Waals surface area contributed by atoms with Gasteiger partial charge in [0.25, 0.3) is 0 Å². The van der Waals surface area contributed by atoms with Gasteiger partial charge in [0.1, 0.15) is 6.04 Å². The monoisotopic (exact) mass is 337 g/mol. The molecule has 1 aromatic rings. The third-order valence-electron chi connectivity index (χ3n) is 2.12. The fourth-order valence-corrected chi connectivity index (χ4v) is 3.07. The van der Waals surface area contributed by atoms with E-state index < -0.39 is 28.6 Å². The van der Waals surface area contributed by atoms with Crippen LogP contribution < -0.4 is 4.72 Å². The van der Waals surface area contributed by atoms with Crippen LogP contribution in [0.15, 0.2) is 33.6 Å². The number of halogens is 1. The zero-order chi connectivity index (χ0) is 13.8. The number of aliphatic carboxylic acids is 1. The summed E-state index contributed by atoms with van der Waals surface area (Å²) < 4.78 is 26.4. The highest BCUT2D eigenvalue weighted by Crippen LogP contribution is 2.16. The number of aliphatic hydroxyl groups excluding tert-OH is 1. The van der Waals surface area contributed by atoms with Crippen LogP contribution in [-0.2, 0) is 14.8 Å². The Hall–Kier alpha value is -0.960. The lowest BCUT2D eigenvalue weighted by Gasteiger charge is -2.13. The van der Waals surface area contributed by atoms with Gasteiger partial charge >= 0.3 is 5.97 Å². The highest BCUT2D eigenvalue weighted by Gasteiger charge is 2.24. The minimum absolute atomic E-state index is 0.0407. The summed E-state index contributed by atoms with van der Waals surface area (Å²) in [5, 5.41) is 17.5. The van der Waals surface area contributed by atoms with Crippen LogP contribution in [0.25, 0.3) is 0 Å². The summed E-state index contributed by atoms with van der Waals surface area (Å²) in [5.41, 5.74) is 0. The molecule has 0 aliphatic heterocycles. The molecule has 0 saturated carbocycles. The van der Waals surface area contributed by atoms with E-state index in [9.17, 15) is 13.2 Å². The van der Waals surface area contributed by atoms with Crippen molar-refractivity contribution >= 4 is 31.9 Å². The third-order valence-corrected chi connectivity index (χ3v) is 4.08. The Morgan fingerprint density at radius 1 is 1.44 bits per heavy atom. The molecule has 0 aliphatic rings. The van der Waals surface area contributed by atoms with Crippen molar-refractivity contribution in [2.24, 2.45) is 0 Å². The minimum atomic E-state index is -3.92. The van der Waals surface area contributed by atoms with Crippen LogP contribution in [0.5, 0.6) is 0 Å². The lowest BCUT2D eigenvalue weighted by Crippen LogP contribution is -2.41. The summed E-state index contributed by atoms with van der Waals surface area (Å²) >= 11 is 3.13. The van der Waals surface area contributed by atoms with Crippen LogP contribution in [0.1, 0.15) is 6.42 Å². The number of benzene rings is 1. The van der Waals surface area contributed by atoms with Crippen LogP contribution >= 0.6 is 15.9 Å². The molecule has 6 nitrogen and oxygen atoms in total. The van der Waals surface area contributed by atoms with Gasteiger partial charge in [0.05, 0.1) is 4.90 Å². The van der Waals surface area contributed by atoms with E-state index in [1.54, 1.807) is 6.07 Å². The Labute approximate surface area is 113 Å². The number of hydrogen-bond donors (Lipinski definition) is 3. The summed E-state index contributed by atoms with van der Waals surface area (Å²) in [7, 11) is -3.92. The molecule has 1 atom stereocenters. The van der Waals surface area contributed by atoms with Gasteiger partial charge in [0.15, 0.2) is 0 Å². The molecule has 0 aromatic heterocycles. The summed E-state index contributed by atoms with van der Waals surface area (Å²) in [6.07, 6.45) is -0.192. The normalized spacial score (nSPS) is 13.2. The molecule has 0 heterocycles. The average Bonchev–Trinajstić information content (AvgIpc) is 2.28. The standard InChI is InChI=1S/C10H12BrNO5S/c11-7-2-1-3-8(6-7)18(16,17)12-9(4-5-13)10(14)15/h1-3,6,9,12-13H,4-5H2,(H,14,15). The maximum atomic E-state index is 11.9. The molecule has 0 bridgehead atoms. The zero-order valence-electron chi connectivity index (χ0n) is 9.21. The second-order valence-corrected chi connectivity index (χ2v) is 6.11. The van der Waals surface area contributed by atoms with Crippen molar-refractivity contribution in [3.63, 3.8) is 0 Å². The fourth-order valence-electron chi connectivity index (χ4n) is 1.25. The molecule has 0 fully saturated rings. The minimum Gasteiger partial charge on any atom is -0.480 e. The molecule has 0 radical (unpaired) electrons. The summed E-state index contributed by atoms with van der Waals surface area (Å²) in [6.45, 7) is -0.419. The fraction of sp³-hybridized carbons (Fsp3) is 0.300. The lowest BCUT2D eigenvalue weighted by molar-refractivity contribution is -0.139. The molecule has 0 amide bonds. The predicted octanol–water partition coefficient (Wildman–Crippen LogP) is 0.563. The number of aliphatic hydroxyl groups is 1. The first kappa shape index (κ1) is 15.1. The molecule has 0 spiro atoms. The van der Waals surface area contributed by atoms with Gasteiger partial charge in [0, 0.05) is 11.1 Å². The molecule has 8 heteroatoms. The van der Waals surface area contributed by atoms with Crippen molar-refractivity contribution in [3.8, 4) is 0 Å². The molecule has 1 rings (SSSR count). The van der Waals surface area contributed by atoms with Crippen LogP contribution in [0, 0.1) is 0 Å². The van der Waals surface area contributed by atoms with Gasteiger partial charge in [-0.25, -0.2) is 8.42 Å². The smallest absolute Gasteiger partial charge is 0.321 e. The molecular formula is C10H12BrNO5S.